The zero-order valence-electron chi connectivity index (χ0n) is 16.0. The summed E-state index contributed by atoms with van der Waals surface area (Å²) in [5.74, 6) is 1.53. The SMILES string of the molecule is CN1CC(CN2C(=O)C3(COc4cc5c(cc43)CCO5)c3ccccc32)OC1=O. The minimum atomic E-state index is -0.863. The number of likely N-dealkylation sites (N-methyl/N-ethyl adjacent to an activating group) is 1. The van der Waals surface area contributed by atoms with Crippen LogP contribution in [0.4, 0.5) is 10.5 Å². The lowest BCUT2D eigenvalue weighted by Crippen LogP contribution is -2.45. The van der Waals surface area contributed by atoms with Crippen molar-refractivity contribution in [3.8, 4) is 11.5 Å². The molecule has 29 heavy (non-hydrogen) atoms. The summed E-state index contributed by atoms with van der Waals surface area (Å²) >= 11 is 0. The van der Waals surface area contributed by atoms with Crippen molar-refractivity contribution in [2.45, 2.75) is 17.9 Å². The van der Waals surface area contributed by atoms with Crippen molar-refractivity contribution < 1.29 is 23.8 Å². The van der Waals surface area contributed by atoms with Crippen LogP contribution in [0.1, 0.15) is 16.7 Å². The van der Waals surface area contributed by atoms with Crippen LogP contribution in [0.2, 0.25) is 0 Å². The molecule has 1 fully saturated rings. The highest BCUT2D eigenvalue weighted by Crippen LogP contribution is 2.53. The van der Waals surface area contributed by atoms with Crippen LogP contribution in [0.5, 0.6) is 11.5 Å². The molecule has 2 atom stereocenters. The number of ether oxygens (including phenoxy) is 3. The Morgan fingerprint density at radius 2 is 1.97 bits per heavy atom. The molecule has 0 aliphatic carbocycles. The van der Waals surface area contributed by atoms with Gasteiger partial charge in [-0.2, -0.15) is 0 Å². The first-order valence-electron chi connectivity index (χ1n) is 9.84. The number of fused-ring (bicyclic) bond motifs is 5. The van der Waals surface area contributed by atoms with Gasteiger partial charge in [0.1, 0.15) is 29.6 Å². The molecule has 4 aliphatic heterocycles. The van der Waals surface area contributed by atoms with Gasteiger partial charge >= 0.3 is 6.09 Å². The minimum Gasteiger partial charge on any atom is -0.493 e. The second-order valence-corrected chi connectivity index (χ2v) is 8.07. The van der Waals surface area contributed by atoms with Gasteiger partial charge in [-0.1, -0.05) is 18.2 Å². The molecule has 4 aliphatic rings. The van der Waals surface area contributed by atoms with Crippen LogP contribution in [0.3, 0.4) is 0 Å². The quantitative estimate of drug-likeness (QED) is 0.783. The summed E-state index contributed by atoms with van der Waals surface area (Å²) in [6.45, 7) is 1.72. The number of hydrogen-bond donors (Lipinski definition) is 0. The molecule has 2 aromatic carbocycles. The van der Waals surface area contributed by atoms with E-state index in [4.69, 9.17) is 14.2 Å². The Morgan fingerprint density at radius 1 is 1.10 bits per heavy atom. The second-order valence-electron chi connectivity index (χ2n) is 8.07. The number of amides is 2. The predicted molar refractivity (Wildman–Crippen MR) is 104 cm³/mol. The molecule has 2 amide bonds. The molecule has 0 aromatic heterocycles. The van der Waals surface area contributed by atoms with Gasteiger partial charge in [0, 0.05) is 30.8 Å². The number of para-hydroxylation sites is 1. The molecule has 0 radical (unpaired) electrons. The van der Waals surface area contributed by atoms with E-state index in [0.717, 1.165) is 34.5 Å². The van der Waals surface area contributed by atoms with Gasteiger partial charge in [-0.25, -0.2) is 4.79 Å². The van der Waals surface area contributed by atoms with Crippen molar-refractivity contribution in [3.63, 3.8) is 0 Å². The van der Waals surface area contributed by atoms with E-state index in [9.17, 15) is 9.59 Å². The van der Waals surface area contributed by atoms with E-state index >= 15 is 0 Å². The fourth-order valence-corrected chi connectivity index (χ4v) is 4.98. The molecule has 0 N–H and O–H groups in total. The van der Waals surface area contributed by atoms with E-state index in [1.807, 2.05) is 30.3 Å². The largest absolute Gasteiger partial charge is 0.493 e. The number of carbonyl (C=O) groups excluding carboxylic acids is 2. The van der Waals surface area contributed by atoms with Gasteiger partial charge in [0.05, 0.1) is 19.7 Å². The van der Waals surface area contributed by atoms with E-state index in [0.29, 0.717) is 25.4 Å². The third kappa shape index (κ3) is 2.13. The van der Waals surface area contributed by atoms with Crippen LogP contribution in [-0.2, 0) is 21.4 Å². The Hall–Kier alpha value is -3.22. The van der Waals surface area contributed by atoms with Crippen molar-refractivity contribution in [1.29, 1.82) is 0 Å². The lowest BCUT2D eigenvalue weighted by molar-refractivity contribution is -0.122. The highest BCUT2D eigenvalue weighted by atomic mass is 16.6. The summed E-state index contributed by atoms with van der Waals surface area (Å²) in [6, 6.07) is 11.8. The smallest absolute Gasteiger partial charge is 0.410 e. The highest BCUT2D eigenvalue weighted by Gasteiger charge is 2.57. The lowest BCUT2D eigenvalue weighted by Gasteiger charge is -2.24. The number of rotatable bonds is 2. The molecule has 1 saturated heterocycles. The number of nitrogens with zero attached hydrogens (tertiary/aromatic N) is 2. The maximum atomic E-state index is 13.9. The third-order valence-electron chi connectivity index (χ3n) is 6.40. The van der Waals surface area contributed by atoms with E-state index in [-0.39, 0.29) is 24.7 Å². The van der Waals surface area contributed by atoms with E-state index in [2.05, 4.69) is 6.07 Å². The Balaban J connectivity index is 1.45. The van der Waals surface area contributed by atoms with Gasteiger partial charge < -0.3 is 24.0 Å². The number of carbonyl (C=O) groups is 2. The molecule has 0 saturated carbocycles. The van der Waals surface area contributed by atoms with E-state index < -0.39 is 5.41 Å². The van der Waals surface area contributed by atoms with Crippen LogP contribution >= 0.6 is 0 Å². The van der Waals surface area contributed by atoms with Gasteiger partial charge in [-0.15, -0.1) is 0 Å². The highest BCUT2D eigenvalue weighted by molar-refractivity contribution is 6.11. The Labute approximate surface area is 167 Å². The molecule has 7 heteroatoms. The Morgan fingerprint density at radius 3 is 2.79 bits per heavy atom. The van der Waals surface area contributed by atoms with Crippen molar-refractivity contribution in [3.05, 3.63) is 53.1 Å². The maximum Gasteiger partial charge on any atom is 0.410 e. The maximum absolute atomic E-state index is 13.9. The zero-order chi connectivity index (χ0) is 19.8. The van der Waals surface area contributed by atoms with E-state index in [1.165, 1.54) is 4.90 Å². The van der Waals surface area contributed by atoms with Crippen LogP contribution in [-0.4, -0.2) is 56.4 Å². The molecule has 4 heterocycles. The average Bonchev–Trinajstić information content (AvgIpc) is 3.45. The fourth-order valence-electron chi connectivity index (χ4n) is 4.98. The molecule has 6 rings (SSSR count). The van der Waals surface area contributed by atoms with Crippen molar-refractivity contribution in [2.24, 2.45) is 0 Å². The summed E-state index contributed by atoms with van der Waals surface area (Å²) in [7, 11) is 1.70. The van der Waals surface area contributed by atoms with Gasteiger partial charge in [-0.3, -0.25) is 4.79 Å². The molecule has 148 valence electrons. The van der Waals surface area contributed by atoms with E-state index in [1.54, 1.807) is 11.9 Å². The van der Waals surface area contributed by atoms with Crippen LogP contribution < -0.4 is 14.4 Å². The Kier molecular flexibility index (Phi) is 3.26. The van der Waals surface area contributed by atoms with Crippen molar-refractivity contribution in [2.75, 3.05) is 38.3 Å². The molecule has 7 nitrogen and oxygen atoms in total. The topological polar surface area (TPSA) is 68.3 Å². The first kappa shape index (κ1) is 16.7. The van der Waals surface area contributed by atoms with Gasteiger partial charge in [-0.05, 0) is 23.3 Å². The summed E-state index contributed by atoms with van der Waals surface area (Å²) in [6.07, 6.45) is 0.132. The molecule has 1 spiro atoms. The first-order valence-corrected chi connectivity index (χ1v) is 9.84. The Bertz CT molecular complexity index is 1070. The zero-order valence-corrected chi connectivity index (χ0v) is 16.0. The summed E-state index contributed by atoms with van der Waals surface area (Å²) < 4.78 is 17.1. The fraction of sp³-hybridized carbons (Fsp3) is 0.364. The summed E-state index contributed by atoms with van der Waals surface area (Å²) in [5.41, 5.74) is 2.96. The van der Waals surface area contributed by atoms with Crippen LogP contribution in [0.25, 0.3) is 0 Å². The predicted octanol–water partition coefficient (Wildman–Crippen LogP) is 2.10. The molecular formula is C22H20N2O5. The minimum absolute atomic E-state index is 0.0260. The first-order chi connectivity index (χ1) is 14.1. The summed E-state index contributed by atoms with van der Waals surface area (Å²) in [5, 5.41) is 0. The second kappa shape index (κ2) is 5.65. The molecule has 2 aromatic rings. The van der Waals surface area contributed by atoms with Crippen molar-refractivity contribution in [1.82, 2.24) is 4.90 Å². The van der Waals surface area contributed by atoms with Crippen molar-refractivity contribution >= 4 is 17.7 Å². The van der Waals surface area contributed by atoms with Crippen LogP contribution in [0, 0.1) is 0 Å². The number of cyclic esters (lactones) is 1. The number of benzene rings is 2. The van der Waals surface area contributed by atoms with Gasteiger partial charge in [0.25, 0.3) is 0 Å². The van der Waals surface area contributed by atoms with Gasteiger partial charge in [0.2, 0.25) is 5.91 Å². The normalized spacial score (nSPS) is 26.3. The molecular weight excluding hydrogens is 372 g/mol. The lowest BCUT2D eigenvalue weighted by atomic mass is 9.76. The summed E-state index contributed by atoms with van der Waals surface area (Å²) in [4.78, 5) is 28.9. The standard InChI is InChI=1S/C22H20N2O5/c1-23-10-14(29-21(23)26)11-24-17-5-3-2-4-15(17)22(20(24)25)12-28-19-9-18-13(6-7-27-18)8-16(19)22/h2-5,8-9,14H,6-7,10-12H2,1H3. The van der Waals surface area contributed by atoms with Gasteiger partial charge in [0.15, 0.2) is 0 Å². The molecule has 2 unspecified atom stereocenters. The monoisotopic (exact) mass is 392 g/mol. The average molecular weight is 392 g/mol. The van der Waals surface area contributed by atoms with Crippen LogP contribution in [0.15, 0.2) is 36.4 Å². The number of anilines is 1. The number of hydrogen-bond acceptors (Lipinski definition) is 5. The third-order valence-corrected chi connectivity index (χ3v) is 6.40. The molecule has 0 bridgehead atoms.